The molecule has 0 radical (unpaired) electrons. The number of alkyl halides is 3. The first-order valence-electron chi connectivity index (χ1n) is 4.42. The Labute approximate surface area is 97.8 Å². The van der Waals surface area contributed by atoms with Gasteiger partial charge >= 0.3 is 11.0 Å². The molecule has 9 heteroatoms. The van der Waals surface area contributed by atoms with Crippen molar-refractivity contribution < 1.29 is 22.8 Å². The number of aromatic nitrogens is 1. The zero-order valence-corrected chi connectivity index (χ0v) is 9.52. The largest absolute Gasteiger partial charge is 0.414 e. The van der Waals surface area contributed by atoms with Gasteiger partial charge in [0, 0.05) is 11.1 Å². The fourth-order valence-electron chi connectivity index (χ4n) is 0.970. The average molecular weight is 270 g/mol. The SMILES string of the molecule is Cc1csc(=O)n1CC(=O)NOCC(F)(F)F. The van der Waals surface area contributed by atoms with Gasteiger partial charge < -0.3 is 0 Å². The summed E-state index contributed by atoms with van der Waals surface area (Å²) in [7, 11) is 0. The summed E-state index contributed by atoms with van der Waals surface area (Å²) in [5.41, 5.74) is 2.18. The Morgan fingerprint density at radius 1 is 1.59 bits per heavy atom. The molecule has 1 amide bonds. The second kappa shape index (κ2) is 5.32. The molecule has 5 nitrogen and oxygen atoms in total. The second-order valence-electron chi connectivity index (χ2n) is 3.16. The maximum Gasteiger partial charge on any atom is 0.414 e. The number of hydrogen-bond donors (Lipinski definition) is 1. The molecule has 0 fully saturated rings. The van der Waals surface area contributed by atoms with Gasteiger partial charge in [0.15, 0.2) is 6.61 Å². The third-order valence-corrected chi connectivity index (χ3v) is 2.58. The van der Waals surface area contributed by atoms with Crippen molar-refractivity contribution in [2.45, 2.75) is 19.6 Å². The molecule has 0 aliphatic carbocycles. The lowest BCUT2D eigenvalue weighted by Crippen LogP contribution is -2.34. The number of nitrogens with zero attached hydrogens (tertiary/aromatic N) is 1. The molecule has 1 rings (SSSR count). The summed E-state index contributed by atoms with van der Waals surface area (Å²) in [6.45, 7) is -0.329. The third-order valence-electron chi connectivity index (χ3n) is 1.70. The van der Waals surface area contributed by atoms with Gasteiger partial charge in [-0.15, -0.1) is 0 Å². The number of aryl methyl sites for hydroxylation is 1. The van der Waals surface area contributed by atoms with Crippen LogP contribution in [0.15, 0.2) is 10.2 Å². The number of hydrogen-bond acceptors (Lipinski definition) is 4. The van der Waals surface area contributed by atoms with Crippen LogP contribution in [0.3, 0.4) is 0 Å². The van der Waals surface area contributed by atoms with E-state index in [0.29, 0.717) is 5.69 Å². The monoisotopic (exact) mass is 270 g/mol. The summed E-state index contributed by atoms with van der Waals surface area (Å²) in [5, 5.41) is 1.55. The molecule has 0 unspecified atom stereocenters. The predicted molar refractivity (Wildman–Crippen MR) is 53.5 cm³/mol. The van der Waals surface area contributed by atoms with E-state index in [1.54, 1.807) is 17.8 Å². The standard InChI is InChI=1S/C8H9F3N2O3S/c1-5-3-17-7(15)13(5)2-6(14)12-16-4-8(9,10)11/h3H,2,4H2,1H3,(H,12,14). The molecule has 0 aliphatic rings. The van der Waals surface area contributed by atoms with Gasteiger partial charge in [-0.2, -0.15) is 13.2 Å². The Kier molecular flexibility index (Phi) is 4.29. The highest BCUT2D eigenvalue weighted by molar-refractivity contribution is 7.07. The molecule has 1 heterocycles. The molecule has 0 atom stereocenters. The highest BCUT2D eigenvalue weighted by Crippen LogP contribution is 2.13. The van der Waals surface area contributed by atoms with E-state index < -0.39 is 18.7 Å². The first-order chi connectivity index (χ1) is 7.79. The van der Waals surface area contributed by atoms with E-state index in [1.165, 1.54) is 0 Å². The molecule has 1 aromatic heterocycles. The van der Waals surface area contributed by atoms with E-state index in [2.05, 4.69) is 4.84 Å². The number of halogens is 3. The molecule has 1 N–H and O–H groups in total. The molecule has 0 spiro atoms. The van der Waals surface area contributed by atoms with E-state index in [4.69, 9.17) is 0 Å². The molecule has 96 valence electrons. The van der Waals surface area contributed by atoms with Crippen LogP contribution in [0, 0.1) is 6.92 Å². The van der Waals surface area contributed by atoms with Crippen molar-refractivity contribution in [3.05, 3.63) is 20.7 Å². The summed E-state index contributed by atoms with van der Waals surface area (Å²) in [5.74, 6) is -0.821. The molecule has 17 heavy (non-hydrogen) atoms. The highest BCUT2D eigenvalue weighted by Gasteiger charge is 2.28. The summed E-state index contributed by atoms with van der Waals surface area (Å²) >= 11 is 0.908. The lowest BCUT2D eigenvalue weighted by atomic mass is 10.5. The van der Waals surface area contributed by atoms with Crippen LogP contribution in [-0.2, 0) is 16.2 Å². The van der Waals surface area contributed by atoms with Crippen LogP contribution in [0.4, 0.5) is 13.2 Å². The highest BCUT2D eigenvalue weighted by atomic mass is 32.1. The Bertz CT molecular complexity index is 452. The number of thiazole rings is 1. The fraction of sp³-hybridized carbons (Fsp3) is 0.500. The van der Waals surface area contributed by atoms with Gasteiger partial charge in [-0.3, -0.25) is 19.0 Å². The van der Waals surface area contributed by atoms with E-state index in [9.17, 15) is 22.8 Å². The second-order valence-corrected chi connectivity index (χ2v) is 3.98. The number of carbonyl (C=O) groups excluding carboxylic acids is 1. The lowest BCUT2D eigenvalue weighted by Gasteiger charge is -2.08. The van der Waals surface area contributed by atoms with Crippen molar-refractivity contribution in [3.8, 4) is 0 Å². The van der Waals surface area contributed by atoms with Crippen molar-refractivity contribution >= 4 is 17.2 Å². The maximum absolute atomic E-state index is 11.7. The van der Waals surface area contributed by atoms with E-state index in [1.807, 2.05) is 0 Å². The Morgan fingerprint density at radius 3 is 2.71 bits per heavy atom. The zero-order chi connectivity index (χ0) is 13.1. The first kappa shape index (κ1) is 13.7. The normalized spacial score (nSPS) is 11.5. The van der Waals surface area contributed by atoms with Crippen molar-refractivity contribution in [1.29, 1.82) is 0 Å². The molecule has 0 saturated carbocycles. The number of hydroxylamine groups is 1. The molecular formula is C8H9F3N2O3S. The summed E-state index contributed by atoms with van der Waals surface area (Å²) in [6.07, 6.45) is -4.51. The van der Waals surface area contributed by atoms with Gasteiger partial charge in [-0.25, -0.2) is 5.48 Å². The number of amides is 1. The van der Waals surface area contributed by atoms with E-state index >= 15 is 0 Å². The first-order valence-corrected chi connectivity index (χ1v) is 5.30. The Hall–Kier alpha value is -1.35. The van der Waals surface area contributed by atoms with Gasteiger partial charge in [-0.1, -0.05) is 11.3 Å². The fourth-order valence-corrected chi connectivity index (χ4v) is 1.70. The zero-order valence-electron chi connectivity index (χ0n) is 8.71. The topological polar surface area (TPSA) is 60.3 Å². The molecule has 0 bridgehead atoms. The van der Waals surface area contributed by atoms with Crippen LogP contribution in [0.2, 0.25) is 0 Å². The van der Waals surface area contributed by atoms with Crippen molar-refractivity contribution in [2.24, 2.45) is 0 Å². The molecular weight excluding hydrogens is 261 g/mol. The van der Waals surface area contributed by atoms with Gasteiger partial charge in [0.05, 0.1) is 0 Å². The van der Waals surface area contributed by atoms with Crippen LogP contribution >= 0.6 is 11.3 Å². The van der Waals surface area contributed by atoms with Crippen molar-refractivity contribution in [3.63, 3.8) is 0 Å². The number of carbonyl (C=O) groups is 1. The molecule has 0 aromatic carbocycles. The smallest absolute Gasteiger partial charge is 0.294 e. The van der Waals surface area contributed by atoms with Crippen molar-refractivity contribution in [2.75, 3.05) is 6.61 Å². The van der Waals surface area contributed by atoms with Crippen LogP contribution in [-0.4, -0.2) is 23.3 Å². The van der Waals surface area contributed by atoms with Gasteiger partial charge in [0.1, 0.15) is 6.54 Å². The van der Waals surface area contributed by atoms with Crippen LogP contribution in [0.1, 0.15) is 5.69 Å². The molecule has 1 aromatic rings. The minimum Gasteiger partial charge on any atom is -0.294 e. The minimum absolute atomic E-state index is 0.353. The minimum atomic E-state index is -4.51. The van der Waals surface area contributed by atoms with Crippen molar-refractivity contribution in [1.82, 2.24) is 10.0 Å². The van der Waals surface area contributed by atoms with Crippen LogP contribution in [0.25, 0.3) is 0 Å². The Balaban J connectivity index is 2.43. The van der Waals surface area contributed by atoms with E-state index in [-0.39, 0.29) is 11.4 Å². The summed E-state index contributed by atoms with van der Waals surface area (Å²) < 4.78 is 36.2. The van der Waals surface area contributed by atoms with Gasteiger partial charge in [-0.05, 0) is 6.92 Å². The van der Waals surface area contributed by atoms with Crippen LogP contribution in [0.5, 0.6) is 0 Å². The van der Waals surface area contributed by atoms with Gasteiger partial charge in [0.2, 0.25) is 0 Å². The number of nitrogens with one attached hydrogen (secondary N) is 1. The lowest BCUT2D eigenvalue weighted by molar-refractivity contribution is -0.191. The third kappa shape index (κ3) is 4.57. The van der Waals surface area contributed by atoms with Gasteiger partial charge in [0.25, 0.3) is 5.91 Å². The predicted octanol–water partition coefficient (Wildman–Crippen LogP) is 0.828. The Morgan fingerprint density at radius 2 is 2.24 bits per heavy atom. The summed E-state index contributed by atoms with van der Waals surface area (Å²) in [4.78, 5) is 25.9. The quantitative estimate of drug-likeness (QED) is 0.824. The summed E-state index contributed by atoms with van der Waals surface area (Å²) in [6, 6.07) is 0. The maximum atomic E-state index is 11.7. The average Bonchev–Trinajstić information content (AvgIpc) is 2.47. The van der Waals surface area contributed by atoms with Crippen LogP contribution < -0.4 is 10.4 Å². The molecule has 0 aliphatic heterocycles. The number of rotatable bonds is 4. The molecule has 0 saturated heterocycles. The van der Waals surface area contributed by atoms with E-state index in [0.717, 1.165) is 15.9 Å².